The molecule has 1 aliphatic rings. The molecule has 0 bridgehead atoms. The van der Waals surface area contributed by atoms with Gasteiger partial charge in [-0.25, -0.2) is 14.1 Å². The highest BCUT2D eigenvalue weighted by Gasteiger charge is 2.37. The highest BCUT2D eigenvalue weighted by atomic mass is 79.9. The highest BCUT2D eigenvalue weighted by Crippen LogP contribution is 2.38. The fraction of sp³-hybridized carbons (Fsp3) is 0.148. The van der Waals surface area contributed by atoms with E-state index in [2.05, 4.69) is 21.2 Å². The van der Waals surface area contributed by atoms with Gasteiger partial charge in [0, 0.05) is 5.56 Å². The van der Waals surface area contributed by atoms with Gasteiger partial charge in [0.2, 0.25) is 0 Å². The number of nitrogens with one attached hydrogen (secondary N) is 1. The number of barbiturate groups is 1. The Hall–Kier alpha value is -3.98. The summed E-state index contributed by atoms with van der Waals surface area (Å²) in [5.41, 5.74) is 1.70. The average Bonchev–Trinajstić information content (AvgIpc) is 2.83. The summed E-state index contributed by atoms with van der Waals surface area (Å²) < 4.78 is 26.1. The van der Waals surface area contributed by atoms with E-state index in [4.69, 9.17) is 9.47 Å². The number of rotatable bonds is 7. The smallest absolute Gasteiger partial charge is 0.335 e. The SMILES string of the molecule is CCOc1cc(/C=C2\C(=O)NC(=O)N(c3ccccc3C)C2=O)cc(Br)c1OCc1ccccc1F. The minimum Gasteiger partial charge on any atom is -0.490 e. The van der Waals surface area contributed by atoms with E-state index in [-0.39, 0.29) is 18.0 Å². The fourth-order valence-corrected chi connectivity index (χ4v) is 4.27. The third kappa shape index (κ3) is 5.16. The van der Waals surface area contributed by atoms with Gasteiger partial charge in [0.15, 0.2) is 11.5 Å². The Bertz CT molecular complexity index is 1390. The van der Waals surface area contributed by atoms with Crippen LogP contribution < -0.4 is 19.7 Å². The van der Waals surface area contributed by atoms with Crippen LogP contribution in [0.5, 0.6) is 11.5 Å². The number of aryl methyl sites for hydroxylation is 1. The third-order valence-corrected chi connectivity index (χ3v) is 6.02. The lowest BCUT2D eigenvalue weighted by atomic mass is 10.1. The molecule has 4 rings (SSSR count). The first-order valence-electron chi connectivity index (χ1n) is 11.1. The number of imide groups is 2. The fourth-order valence-electron chi connectivity index (χ4n) is 3.70. The van der Waals surface area contributed by atoms with Crippen molar-refractivity contribution >= 4 is 45.5 Å². The van der Waals surface area contributed by atoms with Crippen LogP contribution >= 0.6 is 15.9 Å². The molecule has 0 atom stereocenters. The molecule has 1 heterocycles. The van der Waals surface area contributed by atoms with Crippen LogP contribution in [0.3, 0.4) is 0 Å². The van der Waals surface area contributed by atoms with Crippen LogP contribution in [0, 0.1) is 12.7 Å². The van der Waals surface area contributed by atoms with Crippen molar-refractivity contribution in [1.82, 2.24) is 5.32 Å². The molecule has 3 aromatic carbocycles. The molecule has 4 amide bonds. The van der Waals surface area contributed by atoms with Crippen molar-refractivity contribution in [3.8, 4) is 11.5 Å². The Morgan fingerprint density at radius 2 is 1.75 bits per heavy atom. The van der Waals surface area contributed by atoms with Gasteiger partial charge in [-0.05, 0) is 71.2 Å². The van der Waals surface area contributed by atoms with E-state index < -0.39 is 17.8 Å². The summed E-state index contributed by atoms with van der Waals surface area (Å²) in [4.78, 5) is 39.2. The largest absolute Gasteiger partial charge is 0.490 e. The Kier molecular flexibility index (Phi) is 7.49. The summed E-state index contributed by atoms with van der Waals surface area (Å²) in [6, 6.07) is 15.6. The molecule has 0 unspecified atom stereocenters. The molecule has 0 spiro atoms. The molecular formula is C27H22BrFN2O5. The number of carbonyl (C=O) groups is 3. The van der Waals surface area contributed by atoms with Gasteiger partial charge >= 0.3 is 6.03 Å². The predicted octanol–water partition coefficient (Wildman–Crippen LogP) is 5.54. The van der Waals surface area contributed by atoms with Crippen molar-refractivity contribution in [1.29, 1.82) is 0 Å². The van der Waals surface area contributed by atoms with Gasteiger partial charge in [0.25, 0.3) is 11.8 Å². The molecule has 0 aromatic heterocycles. The van der Waals surface area contributed by atoms with E-state index in [0.29, 0.717) is 45.0 Å². The Morgan fingerprint density at radius 1 is 1.03 bits per heavy atom. The standard InChI is InChI=1S/C27H22BrFN2O5/c1-3-35-23-14-17(13-20(28)24(23)36-15-18-9-5-6-10-21(18)29)12-19-25(32)30-27(34)31(26(19)33)22-11-7-4-8-16(22)2/h4-14H,3,15H2,1-2H3,(H,30,32,34)/b19-12+. The van der Waals surface area contributed by atoms with Crippen molar-refractivity contribution in [3.63, 3.8) is 0 Å². The molecule has 9 heteroatoms. The molecule has 7 nitrogen and oxygen atoms in total. The van der Waals surface area contributed by atoms with Gasteiger partial charge in [-0.15, -0.1) is 0 Å². The number of amides is 4. The Labute approximate surface area is 215 Å². The van der Waals surface area contributed by atoms with Gasteiger partial charge < -0.3 is 9.47 Å². The quantitative estimate of drug-likeness (QED) is 0.307. The zero-order chi connectivity index (χ0) is 25.8. The van der Waals surface area contributed by atoms with Gasteiger partial charge in [-0.1, -0.05) is 36.4 Å². The second-order valence-corrected chi connectivity index (χ2v) is 8.74. The minimum atomic E-state index is -0.815. The van der Waals surface area contributed by atoms with E-state index in [0.717, 1.165) is 4.90 Å². The summed E-state index contributed by atoms with van der Waals surface area (Å²) in [5.74, 6) is -1.25. The van der Waals surface area contributed by atoms with Gasteiger partial charge in [-0.3, -0.25) is 14.9 Å². The summed E-state index contributed by atoms with van der Waals surface area (Å²) in [7, 11) is 0. The lowest BCUT2D eigenvalue weighted by Gasteiger charge is -2.27. The first-order chi connectivity index (χ1) is 17.3. The molecule has 1 N–H and O–H groups in total. The van der Waals surface area contributed by atoms with Crippen LogP contribution in [0.1, 0.15) is 23.6 Å². The van der Waals surface area contributed by atoms with Crippen LogP contribution in [0.2, 0.25) is 0 Å². The van der Waals surface area contributed by atoms with Gasteiger partial charge in [-0.2, -0.15) is 0 Å². The average molecular weight is 553 g/mol. The maximum Gasteiger partial charge on any atom is 0.335 e. The summed E-state index contributed by atoms with van der Waals surface area (Å²) in [6.07, 6.45) is 1.38. The summed E-state index contributed by atoms with van der Waals surface area (Å²) in [6.45, 7) is 3.85. The number of hydrogen-bond donors (Lipinski definition) is 1. The van der Waals surface area contributed by atoms with Crippen LogP contribution in [0.25, 0.3) is 6.08 Å². The summed E-state index contributed by atoms with van der Waals surface area (Å²) >= 11 is 3.44. The predicted molar refractivity (Wildman–Crippen MR) is 136 cm³/mol. The Balaban J connectivity index is 1.68. The maximum atomic E-state index is 14.0. The molecular weight excluding hydrogens is 531 g/mol. The topological polar surface area (TPSA) is 84.9 Å². The highest BCUT2D eigenvalue weighted by molar-refractivity contribution is 9.10. The molecule has 3 aromatic rings. The number of benzene rings is 3. The van der Waals surface area contributed by atoms with Crippen molar-refractivity contribution in [3.05, 3.63) is 93.2 Å². The normalized spacial score (nSPS) is 14.7. The van der Waals surface area contributed by atoms with Crippen LogP contribution in [-0.4, -0.2) is 24.5 Å². The lowest BCUT2D eigenvalue weighted by molar-refractivity contribution is -0.122. The monoisotopic (exact) mass is 552 g/mol. The number of ether oxygens (including phenoxy) is 2. The molecule has 0 radical (unpaired) electrons. The van der Waals surface area contributed by atoms with Crippen LogP contribution in [-0.2, 0) is 16.2 Å². The minimum absolute atomic E-state index is 0.0276. The molecule has 184 valence electrons. The molecule has 1 saturated heterocycles. The summed E-state index contributed by atoms with van der Waals surface area (Å²) in [5, 5.41) is 2.22. The first kappa shape index (κ1) is 25.1. The Morgan fingerprint density at radius 3 is 2.47 bits per heavy atom. The van der Waals surface area contributed by atoms with E-state index in [1.807, 2.05) is 0 Å². The third-order valence-electron chi connectivity index (χ3n) is 5.43. The number of para-hydroxylation sites is 1. The van der Waals surface area contributed by atoms with E-state index in [1.165, 1.54) is 12.1 Å². The second-order valence-electron chi connectivity index (χ2n) is 7.89. The number of carbonyl (C=O) groups excluding carboxylic acids is 3. The zero-order valence-electron chi connectivity index (χ0n) is 19.5. The van der Waals surface area contributed by atoms with Gasteiger partial charge in [0.1, 0.15) is 18.0 Å². The number of urea groups is 1. The number of hydrogen-bond acceptors (Lipinski definition) is 5. The second kappa shape index (κ2) is 10.7. The number of halogens is 2. The zero-order valence-corrected chi connectivity index (χ0v) is 21.1. The molecule has 0 aliphatic carbocycles. The van der Waals surface area contributed by atoms with Crippen LogP contribution in [0.4, 0.5) is 14.9 Å². The van der Waals surface area contributed by atoms with Crippen molar-refractivity contribution < 1.29 is 28.2 Å². The first-order valence-corrected chi connectivity index (χ1v) is 11.9. The van der Waals surface area contributed by atoms with Gasteiger partial charge in [0.05, 0.1) is 16.8 Å². The molecule has 1 fully saturated rings. The molecule has 36 heavy (non-hydrogen) atoms. The number of anilines is 1. The van der Waals surface area contributed by atoms with E-state index >= 15 is 0 Å². The molecule has 1 aliphatic heterocycles. The lowest BCUT2D eigenvalue weighted by Crippen LogP contribution is -2.54. The number of nitrogens with zero attached hydrogens (tertiary/aromatic N) is 1. The van der Waals surface area contributed by atoms with Crippen molar-refractivity contribution in [2.75, 3.05) is 11.5 Å². The van der Waals surface area contributed by atoms with E-state index in [1.54, 1.807) is 68.4 Å². The van der Waals surface area contributed by atoms with Crippen molar-refractivity contribution in [2.45, 2.75) is 20.5 Å². The van der Waals surface area contributed by atoms with E-state index in [9.17, 15) is 18.8 Å². The van der Waals surface area contributed by atoms with Crippen LogP contribution in [0.15, 0.2) is 70.7 Å². The van der Waals surface area contributed by atoms with Crippen molar-refractivity contribution in [2.24, 2.45) is 0 Å². The maximum absolute atomic E-state index is 14.0. The molecule has 0 saturated carbocycles.